The number of nitrogens with zero attached hydrogens (tertiary/aromatic N) is 3. The number of anilines is 1. The normalized spacial score (nSPS) is 13.8. The second-order valence-corrected chi connectivity index (χ2v) is 8.21. The van der Waals surface area contributed by atoms with Crippen molar-refractivity contribution in [3.8, 4) is 5.69 Å². The molecule has 0 saturated heterocycles. The van der Waals surface area contributed by atoms with Crippen molar-refractivity contribution in [1.29, 1.82) is 0 Å². The Kier molecular flexibility index (Phi) is 5.47. The summed E-state index contributed by atoms with van der Waals surface area (Å²) < 4.78 is 41.5. The molecule has 0 N–H and O–H groups in total. The topological polar surface area (TPSA) is 55.2 Å². The highest BCUT2D eigenvalue weighted by atomic mass is 79.9. The Morgan fingerprint density at radius 2 is 1.90 bits per heavy atom. The largest absolute Gasteiger partial charge is 0.416 e. The number of halogens is 4. The van der Waals surface area contributed by atoms with Gasteiger partial charge in [0.05, 0.1) is 11.3 Å². The van der Waals surface area contributed by atoms with Gasteiger partial charge in [0.1, 0.15) is 0 Å². The smallest absolute Gasteiger partial charge is 0.307 e. The van der Waals surface area contributed by atoms with E-state index in [9.17, 15) is 22.8 Å². The van der Waals surface area contributed by atoms with Crippen LogP contribution in [-0.2, 0) is 12.6 Å². The monoisotopic (exact) mass is 491 g/mol. The lowest BCUT2D eigenvalue weighted by Crippen LogP contribution is -2.39. The van der Waals surface area contributed by atoms with Crippen LogP contribution in [0.5, 0.6) is 0 Å². The van der Waals surface area contributed by atoms with E-state index in [1.54, 1.807) is 13.0 Å². The summed E-state index contributed by atoms with van der Waals surface area (Å²) in [5, 5.41) is 4.17. The molecule has 1 amide bonds. The fraction of sp³-hybridized carbons (Fsp3) is 0.227. The number of rotatable bonds is 2. The maximum atomic E-state index is 13.2. The fourth-order valence-corrected chi connectivity index (χ4v) is 4.08. The molecule has 0 unspecified atom stereocenters. The Morgan fingerprint density at radius 1 is 1.13 bits per heavy atom. The molecular formula is C22H17BrF3N3O2. The Hall–Kier alpha value is -2.94. The van der Waals surface area contributed by atoms with Gasteiger partial charge >= 0.3 is 6.18 Å². The van der Waals surface area contributed by atoms with Gasteiger partial charge in [0.25, 0.3) is 5.91 Å². The van der Waals surface area contributed by atoms with Gasteiger partial charge < -0.3 is 4.90 Å². The second kappa shape index (κ2) is 7.96. The van der Waals surface area contributed by atoms with Crippen molar-refractivity contribution in [2.45, 2.75) is 25.9 Å². The summed E-state index contributed by atoms with van der Waals surface area (Å²) in [5.41, 5.74) is 0.362. The number of aryl methyl sites for hydroxylation is 2. The molecule has 0 spiro atoms. The Balaban J connectivity index is 1.78. The predicted octanol–water partition coefficient (Wildman–Crippen LogP) is 4.92. The lowest BCUT2D eigenvalue weighted by molar-refractivity contribution is -0.137. The van der Waals surface area contributed by atoms with Gasteiger partial charge in [-0.25, -0.2) is 4.68 Å². The van der Waals surface area contributed by atoms with Crippen LogP contribution >= 0.6 is 15.9 Å². The maximum Gasteiger partial charge on any atom is 0.416 e. The first kappa shape index (κ1) is 21.3. The van der Waals surface area contributed by atoms with Crippen molar-refractivity contribution in [3.05, 3.63) is 85.7 Å². The van der Waals surface area contributed by atoms with Crippen LogP contribution in [0, 0.1) is 6.92 Å². The highest BCUT2D eigenvalue weighted by Gasteiger charge is 2.31. The molecule has 0 bridgehead atoms. The van der Waals surface area contributed by atoms with E-state index in [4.69, 9.17) is 0 Å². The van der Waals surface area contributed by atoms with Crippen molar-refractivity contribution >= 4 is 27.5 Å². The van der Waals surface area contributed by atoms with Gasteiger partial charge in [-0.05, 0) is 61.7 Å². The number of amides is 1. The second-order valence-electron chi connectivity index (χ2n) is 7.29. The van der Waals surface area contributed by atoms with Crippen LogP contribution in [0.4, 0.5) is 18.9 Å². The molecule has 1 aliphatic heterocycles. The molecule has 160 valence electrons. The summed E-state index contributed by atoms with van der Waals surface area (Å²) in [6.45, 7) is 1.97. The molecule has 0 fully saturated rings. The number of hydrogen-bond donors (Lipinski definition) is 0. The fourth-order valence-electron chi connectivity index (χ4n) is 3.68. The molecule has 1 aromatic heterocycles. The number of carbonyl (C=O) groups is 1. The average Bonchev–Trinajstić information content (AvgIpc) is 2.72. The Morgan fingerprint density at radius 3 is 2.65 bits per heavy atom. The number of alkyl halides is 3. The maximum absolute atomic E-state index is 13.2. The van der Waals surface area contributed by atoms with E-state index < -0.39 is 23.1 Å². The van der Waals surface area contributed by atoms with Gasteiger partial charge in [0.15, 0.2) is 5.69 Å². The SMILES string of the molecule is Cc1cc(=O)c(C(=O)N2CCCc3cc(Br)ccc32)nn1-c1cccc(C(F)(F)F)c1. The van der Waals surface area contributed by atoms with E-state index in [1.165, 1.54) is 27.8 Å². The number of benzene rings is 2. The zero-order chi connectivity index (χ0) is 22.3. The van der Waals surface area contributed by atoms with Crippen molar-refractivity contribution in [2.24, 2.45) is 0 Å². The van der Waals surface area contributed by atoms with E-state index in [-0.39, 0.29) is 11.4 Å². The van der Waals surface area contributed by atoms with Crippen LogP contribution in [0.3, 0.4) is 0 Å². The van der Waals surface area contributed by atoms with Gasteiger partial charge in [-0.2, -0.15) is 18.3 Å². The van der Waals surface area contributed by atoms with Gasteiger partial charge in [-0.1, -0.05) is 22.0 Å². The van der Waals surface area contributed by atoms with E-state index >= 15 is 0 Å². The van der Waals surface area contributed by atoms with Crippen LogP contribution in [-0.4, -0.2) is 22.2 Å². The zero-order valence-electron chi connectivity index (χ0n) is 16.4. The third-order valence-corrected chi connectivity index (χ3v) is 5.63. The minimum atomic E-state index is -4.52. The molecule has 9 heteroatoms. The van der Waals surface area contributed by atoms with Crippen LogP contribution < -0.4 is 10.3 Å². The number of hydrogen-bond acceptors (Lipinski definition) is 3. The summed E-state index contributed by atoms with van der Waals surface area (Å²) in [5.74, 6) is -0.575. The van der Waals surface area contributed by atoms with E-state index in [2.05, 4.69) is 21.0 Å². The van der Waals surface area contributed by atoms with Crippen molar-refractivity contribution in [1.82, 2.24) is 9.78 Å². The van der Waals surface area contributed by atoms with Gasteiger partial charge in [-0.3, -0.25) is 9.59 Å². The number of carbonyl (C=O) groups excluding carboxylic acids is 1. The molecule has 1 aliphatic rings. The zero-order valence-corrected chi connectivity index (χ0v) is 18.0. The molecule has 4 rings (SSSR count). The molecular weight excluding hydrogens is 475 g/mol. The third-order valence-electron chi connectivity index (χ3n) is 5.13. The summed E-state index contributed by atoms with van der Waals surface area (Å²) in [6.07, 6.45) is -3.00. The molecule has 0 radical (unpaired) electrons. The van der Waals surface area contributed by atoms with Gasteiger partial charge in [-0.15, -0.1) is 0 Å². The quantitative estimate of drug-likeness (QED) is 0.511. The first-order valence-electron chi connectivity index (χ1n) is 9.54. The number of aromatic nitrogens is 2. The molecule has 0 aliphatic carbocycles. The summed E-state index contributed by atoms with van der Waals surface area (Å²) in [4.78, 5) is 27.3. The molecule has 0 atom stereocenters. The van der Waals surface area contributed by atoms with Crippen LogP contribution in [0.15, 0.2) is 57.8 Å². The minimum absolute atomic E-state index is 0.115. The lowest BCUT2D eigenvalue weighted by Gasteiger charge is -2.29. The van der Waals surface area contributed by atoms with E-state index in [0.717, 1.165) is 35.0 Å². The van der Waals surface area contributed by atoms with Crippen molar-refractivity contribution in [3.63, 3.8) is 0 Å². The van der Waals surface area contributed by atoms with Crippen LogP contribution in [0.1, 0.15) is 33.7 Å². The molecule has 2 aromatic carbocycles. The predicted molar refractivity (Wildman–Crippen MR) is 114 cm³/mol. The third kappa shape index (κ3) is 4.14. The average molecular weight is 492 g/mol. The van der Waals surface area contributed by atoms with Crippen molar-refractivity contribution in [2.75, 3.05) is 11.4 Å². The minimum Gasteiger partial charge on any atom is -0.307 e. The highest BCUT2D eigenvalue weighted by Crippen LogP contribution is 2.31. The van der Waals surface area contributed by atoms with Crippen molar-refractivity contribution < 1.29 is 18.0 Å². The molecule has 0 saturated carbocycles. The Labute approximate surface area is 184 Å². The molecule has 3 aromatic rings. The summed E-state index contributed by atoms with van der Waals surface area (Å²) in [7, 11) is 0. The number of fused-ring (bicyclic) bond motifs is 1. The van der Waals surface area contributed by atoms with Gasteiger partial charge in [0, 0.05) is 28.5 Å². The first-order valence-corrected chi connectivity index (χ1v) is 10.3. The lowest BCUT2D eigenvalue weighted by atomic mass is 10.0. The van der Waals surface area contributed by atoms with E-state index in [0.29, 0.717) is 17.9 Å². The van der Waals surface area contributed by atoms with Crippen LogP contribution in [0.25, 0.3) is 5.69 Å². The summed E-state index contributed by atoms with van der Waals surface area (Å²) >= 11 is 3.42. The first-order chi connectivity index (χ1) is 14.6. The summed E-state index contributed by atoms with van der Waals surface area (Å²) in [6, 6.07) is 11.4. The molecule has 2 heterocycles. The van der Waals surface area contributed by atoms with Gasteiger partial charge in [0.2, 0.25) is 5.43 Å². The van der Waals surface area contributed by atoms with Crippen LogP contribution in [0.2, 0.25) is 0 Å². The Bertz CT molecular complexity index is 1240. The molecule has 31 heavy (non-hydrogen) atoms. The standard InChI is InChI=1S/C22H17BrF3N3O2/c1-13-10-19(30)20(27-29(13)17-6-2-5-15(12-17)22(24,25)26)21(31)28-9-3-4-14-11-16(23)7-8-18(14)28/h2,5-8,10-12H,3-4,9H2,1H3. The highest BCUT2D eigenvalue weighted by molar-refractivity contribution is 9.10. The van der Waals surface area contributed by atoms with E-state index in [1.807, 2.05) is 12.1 Å². The molecule has 5 nitrogen and oxygen atoms in total.